The Kier molecular flexibility index (Phi) is 8.50. The first-order valence-corrected chi connectivity index (χ1v) is 15.3. The van der Waals surface area contributed by atoms with Crippen molar-refractivity contribution in [2.24, 2.45) is 0 Å². The van der Waals surface area contributed by atoms with E-state index in [9.17, 15) is 4.89 Å². The SMILES string of the molecule is CC(C)(C)NP(=S)(Oc1ccc(C#N)cc1)N(C(C)(C)C)P(O)(=S)Oc1ccc(C#N)cc1. The topological polar surface area (TPSA) is 102 Å². The standard InChI is InChI=1S/C22H28N4O3P2S2/c1-21(2,3)25-30(32,28-19-11-7-17(15-23)8-12-19)26(22(4,5)6)31(27,33)29-20-13-9-18(16-24)10-14-20/h7-14H,1-6H3,(H,25,32)(H,27,33). The lowest BCUT2D eigenvalue weighted by molar-refractivity contribution is 0.298. The summed E-state index contributed by atoms with van der Waals surface area (Å²) in [6.45, 7) is 4.48. The van der Waals surface area contributed by atoms with Crippen LogP contribution in [0.15, 0.2) is 48.5 Å². The minimum atomic E-state index is -3.74. The van der Waals surface area contributed by atoms with Crippen LogP contribution in [0.3, 0.4) is 0 Å². The van der Waals surface area contributed by atoms with Crippen molar-refractivity contribution in [3.63, 3.8) is 0 Å². The van der Waals surface area contributed by atoms with Gasteiger partial charge in [0, 0.05) is 11.1 Å². The minimum absolute atomic E-state index is 0.324. The summed E-state index contributed by atoms with van der Waals surface area (Å²) >= 11 is 11.7. The van der Waals surface area contributed by atoms with E-state index in [1.807, 2.05) is 47.6 Å². The molecule has 0 aromatic heterocycles. The Balaban J connectivity index is 2.56. The quantitative estimate of drug-likeness (QED) is 0.436. The van der Waals surface area contributed by atoms with E-state index in [4.69, 9.17) is 43.2 Å². The van der Waals surface area contributed by atoms with Crippen LogP contribution in [0.2, 0.25) is 0 Å². The van der Waals surface area contributed by atoms with Crippen LogP contribution in [0.1, 0.15) is 52.7 Å². The summed E-state index contributed by atoms with van der Waals surface area (Å²) in [4.78, 5) is 11.5. The molecule has 0 radical (unpaired) electrons. The van der Waals surface area contributed by atoms with Gasteiger partial charge in [-0.3, -0.25) is 0 Å². The molecule has 176 valence electrons. The van der Waals surface area contributed by atoms with Crippen molar-refractivity contribution in [2.75, 3.05) is 0 Å². The smallest absolute Gasteiger partial charge is 0.321 e. The normalized spacial score (nSPS) is 15.6. The van der Waals surface area contributed by atoms with Crippen LogP contribution in [-0.2, 0) is 23.6 Å². The molecule has 0 aliphatic rings. The average molecular weight is 523 g/mol. The van der Waals surface area contributed by atoms with E-state index in [2.05, 4.69) is 11.2 Å². The molecule has 0 saturated carbocycles. The number of nitrogens with zero attached hydrogens (tertiary/aromatic N) is 3. The molecule has 33 heavy (non-hydrogen) atoms. The Morgan fingerprint density at radius 2 is 1.21 bits per heavy atom. The first-order valence-electron chi connectivity index (χ1n) is 10.0. The molecule has 2 N–H and O–H groups in total. The van der Waals surface area contributed by atoms with Crippen molar-refractivity contribution >= 4 is 36.8 Å². The number of hydrogen-bond acceptors (Lipinski definition) is 6. The molecule has 0 aliphatic heterocycles. The lowest BCUT2D eigenvalue weighted by Crippen LogP contribution is -2.46. The van der Waals surface area contributed by atoms with Crippen LogP contribution < -0.4 is 14.1 Å². The first-order chi connectivity index (χ1) is 15.1. The van der Waals surface area contributed by atoms with Gasteiger partial charge in [-0.25, -0.2) is 5.09 Å². The monoisotopic (exact) mass is 522 g/mol. The van der Waals surface area contributed by atoms with Crippen LogP contribution in [0.4, 0.5) is 0 Å². The highest BCUT2D eigenvalue weighted by atomic mass is 32.5. The molecule has 0 spiro atoms. The van der Waals surface area contributed by atoms with Gasteiger partial charge in [-0.2, -0.15) is 10.5 Å². The largest absolute Gasteiger partial charge is 0.441 e. The summed E-state index contributed by atoms with van der Waals surface area (Å²) in [6, 6.07) is 17.0. The summed E-state index contributed by atoms with van der Waals surface area (Å²) in [7, 11) is 0. The Morgan fingerprint density at radius 1 is 0.818 bits per heavy atom. The van der Waals surface area contributed by atoms with E-state index < -0.39 is 24.3 Å². The summed E-state index contributed by atoms with van der Waals surface area (Å²) in [5.41, 5.74) is -0.263. The summed E-state index contributed by atoms with van der Waals surface area (Å²) in [5.74, 6) is 0.765. The van der Waals surface area contributed by atoms with Gasteiger partial charge in [-0.05, 0) is 114 Å². The molecule has 2 rings (SSSR count). The van der Waals surface area contributed by atoms with E-state index in [0.717, 1.165) is 0 Å². The maximum Gasteiger partial charge on any atom is 0.321 e. The van der Waals surface area contributed by atoms with Crippen molar-refractivity contribution < 1.29 is 13.9 Å². The van der Waals surface area contributed by atoms with Crippen molar-refractivity contribution in [1.29, 1.82) is 10.5 Å². The molecule has 0 bridgehead atoms. The fourth-order valence-corrected chi connectivity index (χ4v) is 13.0. The molecule has 0 heterocycles. The Labute approximate surface area is 206 Å². The van der Waals surface area contributed by atoms with Gasteiger partial charge in [0.05, 0.1) is 23.3 Å². The second-order valence-electron chi connectivity index (χ2n) is 9.29. The Morgan fingerprint density at radius 3 is 1.55 bits per heavy atom. The van der Waals surface area contributed by atoms with E-state index in [0.29, 0.717) is 22.6 Å². The number of nitriles is 2. The van der Waals surface area contributed by atoms with Gasteiger partial charge in [0.15, 0.2) is 0 Å². The van der Waals surface area contributed by atoms with Crippen LogP contribution >= 0.6 is 13.2 Å². The van der Waals surface area contributed by atoms with Crippen LogP contribution in [-0.4, -0.2) is 20.4 Å². The molecule has 2 atom stereocenters. The molecule has 0 saturated heterocycles. The van der Waals surface area contributed by atoms with Crippen molar-refractivity contribution in [3.8, 4) is 23.6 Å². The Hall–Kier alpha value is -1.80. The number of benzene rings is 2. The second-order valence-corrected chi connectivity index (χ2v) is 15.9. The molecular weight excluding hydrogens is 494 g/mol. The van der Waals surface area contributed by atoms with Crippen molar-refractivity contribution in [3.05, 3.63) is 59.7 Å². The fourth-order valence-electron chi connectivity index (χ4n) is 2.96. The number of hydrogen-bond donors (Lipinski definition) is 2. The predicted molar refractivity (Wildman–Crippen MR) is 139 cm³/mol. The molecule has 2 aromatic carbocycles. The highest BCUT2D eigenvalue weighted by Gasteiger charge is 2.48. The lowest BCUT2D eigenvalue weighted by atomic mass is 10.1. The van der Waals surface area contributed by atoms with Crippen LogP contribution in [0.25, 0.3) is 0 Å². The Bertz CT molecular complexity index is 1160. The van der Waals surface area contributed by atoms with E-state index in [-0.39, 0.29) is 0 Å². The fraction of sp³-hybridized carbons (Fsp3) is 0.364. The third-order valence-electron chi connectivity index (χ3n) is 3.99. The zero-order chi connectivity index (χ0) is 25.1. The van der Waals surface area contributed by atoms with Gasteiger partial charge in [0.25, 0.3) is 6.57 Å². The minimum Gasteiger partial charge on any atom is -0.441 e. The number of nitrogens with one attached hydrogen (secondary N) is 1. The predicted octanol–water partition coefficient (Wildman–Crippen LogP) is 5.82. The first kappa shape index (κ1) is 27.4. The van der Waals surface area contributed by atoms with E-state index in [1.165, 1.54) is 0 Å². The third-order valence-corrected chi connectivity index (χ3v) is 11.9. The van der Waals surface area contributed by atoms with Crippen molar-refractivity contribution in [2.45, 2.75) is 52.6 Å². The van der Waals surface area contributed by atoms with Gasteiger partial charge in [0.2, 0.25) is 0 Å². The zero-order valence-electron chi connectivity index (χ0n) is 19.4. The second kappa shape index (κ2) is 10.2. The van der Waals surface area contributed by atoms with Gasteiger partial charge in [-0.1, -0.05) is 0 Å². The van der Waals surface area contributed by atoms with E-state index >= 15 is 0 Å². The highest BCUT2D eigenvalue weighted by molar-refractivity contribution is 8.17. The maximum absolute atomic E-state index is 11.5. The molecule has 7 nitrogen and oxygen atoms in total. The summed E-state index contributed by atoms with van der Waals surface area (Å²) in [6.07, 6.45) is 0. The maximum atomic E-state index is 11.5. The molecule has 11 heteroatoms. The van der Waals surface area contributed by atoms with Gasteiger partial charge in [0.1, 0.15) is 11.5 Å². The summed E-state index contributed by atoms with van der Waals surface area (Å²) < 4.78 is 13.8. The third kappa shape index (κ3) is 7.60. The van der Waals surface area contributed by atoms with Crippen LogP contribution in [0.5, 0.6) is 11.5 Å². The van der Waals surface area contributed by atoms with Gasteiger partial charge >= 0.3 is 6.64 Å². The van der Waals surface area contributed by atoms with Gasteiger partial charge in [-0.15, -0.1) is 4.44 Å². The highest BCUT2D eigenvalue weighted by Crippen LogP contribution is 2.67. The lowest BCUT2D eigenvalue weighted by Gasteiger charge is -2.47. The van der Waals surface area contributed by atoms with Crippen molar-refractivity contribution in [1.82, 2.24) is 9.53 Å². The average Bonchev–Trinajstić information content (AvgIpc) is 2.65. The summed E-state index contributed by atoms with van der Waals surface area (Å²) in [5, 5.41) is 21.5. The molecule has 0 aliphatic carbocycles. The molecule has 2 unspecified atom stereocenters. The van der Waals surface area contributed by atoms with Crippen LogP contribution in [0, 0.1) is 22.7 Å². The van der Waals surface area contributed by atoms with E-state index in [1.54, 1.807) is 53.0 Å². The number of rotatable bonds is 7. The zero-order valence-corrected chi connectivity index (χ0v) is 22.9. The van der Waals surface area contributed by atoms with Gasteiger partial charge < -0.3 is 13.9 Å². The molecule has 0 fully saturated rings. The molecule has 2 aromatic rings. The molecule has 0 amide bonds. The molecular formula is C22H28N4O3P2S2.